The number of nitrogens with one attached hydrogen (secondary N) is 1. The number of hydrogen-bond donors (Lipinski definition) is 1. The Morgan fingerprint density at radius 2 is 1.76 bits per heavy atom. The molecule has 0 fully saturated rings. The summed E-state index contributed by atoms with van der Waals surface area (Å²) in [7, 11) is 1.62. The van der Waals surface area contributed by atoms with Gasteiger partial charge in [0.1, 0.15) is 10.8 Å². The van der Waals surface area contributed by atoms with Gasteiger partial charge in [-0.2, -0.15) is 0 Å². The fraction of sp³-hybridized carbons (Fsp3) is 0.167. The molecular formula is C24H22N2O2S. The molecular weight excluding hydrogens is 380 g/mol. The Bertz CT molecular complexity index is 1080. The van der Waals surface area contributed by atoms with Crippen molar-refractivity contribution in [3.63, 3.8) is 0 Å². The van der Waals surface area contributed by atoms with Gasteiger partial charge in [-0.1, -0.05) is 42.0 Å². The first-order valence-electron chi connectivity index (χ1n) is 9.48. The van der Waals surface area contributed by atoms with E-state index in [9.17, 15) is 4.79 Å². The number of amides is 1. The Labute approximate surface area is 174 Å². The van der Waals surface area contributed by atoms with Crippen molar-refractivity contribution in [3.05, 3.63) is 88.9 Å². The average Bonchev–Trinajstić information content (AvgIpc) is 3.17. The van der Waals surface area contributed by atoms with E-state index in [0.717, 1.165) is 32.2 Å². The maximum Gasteiger partial charge on any atom is 0.234 e. The molecule has 146 valence electrons. The first kappa shape index (κ1) is 19.2. The van der Waals surface area contributed by atoms with Crippen LogP contribution in [0.3, 0.4) is 0 Å². The maximum atomic E-state index is 13.2. The summed E-state index contributed by atoms with van der Waals surface area (Å²) in [6.45, 7) is 2.06. The summed E-state index contributed by atoms with van der Waals surface area (Å²) >= 11 is 1.58. The lowest BCUT2D eigenvalue weighted by atomic mass is 9.98. The number of anilines is 1. The third-order valence-electron chi connectivity index (χ3n) is 4.84. The van der Waals surface area contributed by atoms with Crippen LogP contribution < -0.4 is 10.1 Å². The van der Waals surface area contributed by atoms with Crippen molar-refractivity contribution in [3.8, 4) is 5.75 Å². The van der Waals surface area contributed by atoms with Gasteiger partial charge >= 0.3 is 0 Å². The van der Waals surface area contributed by atoms with E-state index < -0.39 is 0 Å². The molecule has 3 aromatic carbocycles. The first-order valence-corrected chi connectivity index (χ1v) is 10.3. The van der Waals surface area contributed by atoms with Crippen molar-refractivity contribution in [2.24, 2.45) is 0 Å². The molecule has 1 N–H and O–H groups in total. The second-order valence-corrected chi connectivity index (χ2v) is 8.04. The quantitative estimate of drug-likeness (QED) is 0.458. The highest BCUT2D eigenvalue weighted by atomic mass is 32.1. The summed E-state index contributed by atoms with van der Waals surface area (Å²) < 4.78 is 6.28. The Morgan fingerprint density at radius 1 is 1.03 bits per heavy atom. The van der Waals surface area contributed by atoms with Crippen LogP contribution in [0.2, 0.25) is 0 Å². The molecule has 4 rings (SSSR count). The molecule has 5 heteroatoms. The van der Waals surface area contributed by atoms with Gasteiger partial charge < -0.3 is 10.1 Å². The highest BCUT2D eigenvalue weighted by molar-refractivity contribution is 7.18. The van der Waals surface area contributed by atoms with Crippen LogP contribution in [0.1, 0.15) is 22.1 Å². The van der Waals surface area contributed by atoms with Crippen LogP contribution in [0, 0.1) is 6.92 Å². The molecule has 4 aromatic rings. The Kier molecular flexibility index (Phi) is 5.58. The lowest BCUT2D eigenvalue weighted by molar-refractivity contribution is -0.117. The van der Waals surface area contributed by atoms with Crippen molar-refractivity contribution in [1.29, 1.82) is 0 Å². The number of benzene rings is 3. The van der Waals surface area contributed by atoms with Crippen molar-refractivity contribution < 1.29 is 9.53 Å². The fourth-order valence-corrected chi connectivity index (χ4v) is 4.26. The molecule has 1 heterocycles. The molecule has 0 bridgehead atoms. The number of nitrogens with zero attached hydrogens (tertiary/aromatic N) is 1. The van der Waals surface area contributed by atoms with Gasteiger partial charge in [0.2, 0.25) is 5.91 Å². The minimum Gasteiger partial charge on any atom is -0.497 e. The molecule has 0 spiro atoms. The van der Waals surface area contributed by atoms with Crippen molar-refractivity contribution in [2.45, 2.75) is 19.3 Å². The normalized spacial score (nSPS) is 11.9. The van der Waals surface area contributed by atoms with Gasteiger partial charge in [0.25, 0.3) is 0 Å². The molecule has 1 amide bonds. The largest absolute Gasteiger partial charge is 0.497 e. The van der Waals surface area contributed by atoms with Crippen LogP contribution in [0.5, 0.6) is 5.75 Å². The van der Waals surface area contributed by atoms with Crippen molar-refractivity contribution >= 4 is 33.1 Å². The average molecular weight is 403 g/mol. The highest BCUT2D eigenvalue weighted by Crippen LogP contribution is 2.31. The summed E-state index contributed by atoms with van der Waals surface area (Å²) in [5.74, 6) is 0.331. The number of methoxy groups -OCH3 is 1. The standard InChI is InChI=1S/C24H22N2O2S/c1-16-7-9-17(10-8-16)15-20(24-26-21-5-3-4-6-22(21)29-24)23(27)25-18-11-13-19(28-2)14-12-18/h3-14,20H,15H2,1-2H3,(H,25,27). The van der Waals surface area contributed by atoms with E-state index in [2.05, 4.69) is 36.5 Å². The predicted octanol–water partition coefficient (Wildman–Crippen LogP) is 5.58. The van der Waals surface area contributed by atoms with E-state index in [0.29, 0.717) is 6.42 Å². The minimum atomic E-state index is -0.364. The molecule has 29 heavy (non-hydrogen) atoms. The van der Waals surface area contributed by atoms with Crippen LogP contribution >= 0.6 is 11.3 Å². The van der Waals surface area contributed by atoms with E-state index in [1.807, 2.05) is 48.5 Å². The second kappa shape index (κ2) is 8.45. The van der Waals surface area contributed by atoms with Gasteiger partial charge in [-0.05, 0) is 55.3 Å². The van der Waals surface area contributed by atoms with Crippen LogP contribution in [0.4, 0.5) is 5.69 Å². The van der Waals surface area contributed by atoms with E-state index >= 15 is 0 Å². The van der Waals surface area contributed by atoms with Gasteiger partial charge in [0.15, 0.2) is 0 Å². The van der Waals surface area contributed by atoms with Gasteiger partial charge in [-0.15, -0.1) is 11.3 Å². The summed E-state index contributed by atoms with van der Waals surface area (Å²) in [5.41, 5.74) is 3.99. The van der Waals surface area contributed by atoms with Crippen molar-refractivity contribution in [1.82, 2.24) is 4.98 Å². The van der Waals surface area contributed by atoms with E-state index in [4.69, 9.17) is 9.72 Å². The number of carbonyl (C=O) groups excluding carboxylic acids is 1. The van der Waals surface area contributed by atoms with E-state index in [1.165, 1.54) is 5.56 Å². The number of para-hydroxylation sites is 1. The number of carbonyl (C=O) groups is 1. The topological polar surface area (TPSA) is 51.2 Å². The second-order valence-electron chi connectivity index (χ2n) is 6.98. The first-order chi connectivity index (χ1) is 14.1. The Hall–Kier alpha value is -3.18. The van der Waals surface area contributed by atoms with Crippen LogP contribution in [0.15, 0.2) is 72.8 Å². The number of aryl methyl sites for hydroxylation is 1. The van der Waals surface area contributed by atoms with E-state index in [-0.39, 0.29) is 11.8 Å². The Morgan fingerprint density at radius 3 is 2.45 bits per heavy atom. The Balaban J connectivity index is 1.64. The van der Waals surface area contributed by atoms with Gasteiger partial charge in [0, 0.05) is 5.69 Å². The van der Waals surface area contributed by atoms with Gasteiger partial charge in [-0.25, -0.2) is 4.98 Å². The molecule has 0 saturated carbocycles. The zero-order valence-electron chi connectivity index (χ0n) is 16.4. The molecule has 0 saturated heterocycles. The monoisotopic (exact) mass is 402 g/mol. The molecule has 4 nitrogen and oxygen atoms in total. The highest BCUT2D eigenvalue weighted by Gasteiger charge is 2.25. The maximum absolute atomic E-state index is 13.2. The summed E-state index contributed by atoms with van der Waals surface area (Å²) in [6, 6.07) is 23.7. The molecule has 0 aliphatic carbocycles. The van der Waals surface area contributed by atoms with Gasteiger partial charge in [0.05, 0.1) is 23.2 Å². The van der Waals surface area contributed by atoms with Crippen molar-refractivity contribution in [2.75, 3.05) is 12.4 Å². The molecule has 0 radical (unpaired) electrons. The van der Waals surface area contributed by atoms with Gasteiger partial charge in [-0.3, -0.25) is 4.79 Å². The third kappa shape index (κ3) is 4.46. The summed E-state index contributed by atoms with van der Waals surface area (Å²) in [6.07, 6.45) is 0.599. The number of rotatable bonds is 6. The summed E-state index contributed by atoms with van der Waals surface area (Å²) in [5, 5.41) is 3.87. The van der Waals surface area contributed by atoms with Crippen LogP contribution in [0.25, 0.3) is 10.2 Å². The molecule has 1 atom stereocenters. The molecule has 0 aliphatic heterocycles. The predicted molar refractivity (Wildman–Crippen MR) is 119 cm³/mol. The summed E-state index contributed by atoms with van der Waals surface area (Å²) in [4.78, 5) is 18.0. The number of aromatic nitrogens is 1. The minimum absolute atomic E-state index is 0.0604. The van der Waals surface area contributed by atoms with Crippen LogP contribution in [-0.2, 0) is 11.2 Å². The number of thiazole rings is 1. The zero-order valence-corrected chi connectivity index (χ0v) is 17.2. The molecule has 1 aromatic heterocycles. The van der Waals surface area contributed by atoms with E-state index in [1.54, 1.807) is 18.4 Å². The smallest absolute Gasteiger partial charge is 0.234 e. The SMILES string of the molecule is COc1ccc(NC(=O)C(Cc2ccc(C)cc2)c2nc3ccccc3s2)cc1. The number of fused-ring (bicyclic) bond motifs is 1. The third-order valence-corrected chi connectivity index (χ3v) is 5.99. The lowest BCUT2D eigenvalue weighted by Crippen LogP contribution is -2.23. The number of hydrogen-bond acceptors (Lipinski definition) is 4. The fourth-order valence-electron chi connectivity index (χ4n) is 3.19. The van der Waals surface area contributed by atoms with Crippen LogP contribution in [-0.4, -0.2) is 18.0 Å². The molecule has 1 unspecified atom stereocenters. The lowest BCUT2D eigenvalue weighted by Gasteiger charge is -2.15. The zero-order chi connectivity index (χ0) is 20.2. The molecule has 0 aliphatic rings. The number of ether oxygens (including phenoxy) is 1.